The van der Waals surface area contributed by atoms with E-state index in [0.29, 0.717) is 19.7 Å². The predicted octanol–water partition coefficient (Wildman–Crippen LogP) is 0.150. The van der Waals surface area contributed by atoms with Crippen LogP contribution in [-0.4, -0.2) is 62.9 Å². The summed E-state index contributed by atoms with van der Waals surface area (Å²) in [6, 6.07) is 0. The van der Waals surface area contributed by atoms with Crippen molar-refractivity contribution in [1.82, 2.24) is 19.4 Å². The van der Waals surface area contributed by atoms with E-state index >= 15 is 0 Å². The van der Waals surface area contributed by atoms with Gasteiger partial charge >= 0.3 is 0 Å². The molecule has 0 saturated heterocycles. The van der Waals surface area contributed by atoms with E-state index in [0.717, 1.165) is 19.5 Å². The van der Waals surface area contributed by atoms with Gasteiger partial charge in [-0.3, -0.25) is 4.68 Å². The topological polar surface area (TPSA) is 76.5 Å². The second kappa shape index (κ2) is 8.35. The van der Waals surface area contributed by atoms with E-state index in [1.54, 1.807) is 18.0 Å². The fraction of sp³-hybridized carbons (Fsp3) is 0.750. The summed E-state index contributed by atoms with van der Waals surface area (Å²) < 4.78 is 32.3. The molecule has 0 aliphatic rings. The summed E-state index contributed by atoms with van der Waals surface area (Å²) in [5.74, 6) is 0. The lowest BCUT2D eigenvalue weighted by Crippen LogP contribution is -2.29. The lowest BCUT2D eigenvalue weighted by Gasteiger charge is -2.15. The van der Waals surface area contributed by atoms with Crippen LogP contribution in [0.5, 0.6) is 0 Å². The van der Waals surface area contributed by atoms with Gasteiger partial charge in [-0.2, -0.15) is 9.40 Å². The van der Waals surface area contributed by atoms with Gasteiger partial charge in [-0.1, -0.05) is 6.92 Å². The molecule has 7 nitrogen and oxygen atoms in total. The minimum Gasteiger partial charge on any atom is -0.383 e. The van der Waals surface area contributed by atoms with Gasteiger partial charge in [-0.15, -0.1) is 0 Å². The van der Waals surface area contributed by atoms with Crippen molar-refractivity contribution < 1.29 is 13.2 Å². The first-order valence-electron chi connectivity index (χ1n) is 6.70. The van der Waals surface area contributed by atoms with Gasteiger partial charge in [-0.05, 0) is 19.5 Å². The average Bonchev–Trinajstić information content (AvgIpc) is 2.90. The van der Waals surface area contributed by atoms with Crippen LogP contribution in [0.15, 0.2) is 17.3 Å². The molecule has 0 aliphatic carbocycles. The number of nitrogens with one attached hydrogen (secondary N) is 1. The maximum atomic E-state index is 12.2. The van der Waals surface area contributed by atoms with Crippen LogP contribution < -0.4 is 5.32 Å². The van der Waals surface area contributed by atoms with Gasteiger partial charge < -0.3 is 10.1 Å². The Balaban J connectivity index is 2.60. The maximum absolute atomic E-state index is 12.2. The molecule has 0 aliphatic heterocycles. The summed E-state index contributed by atoms with van der Waals surface area (Å²) >= 11 is 0. The second-order valence-corrected chi connectivity index (χ2v) is 6.51. The predicted molar refractivity (Wildman–Crippen MR) is 77.1 cm³/mol. The first-order chi connectivity index (χ1) is 9.52. The zero-order valence-electron chi connectivity index (χ0n) is 12.4. The van der Waals surface area contributed by atoms with Crippen LogP contribution >= 0.6 is 0 Å². The van der Waals surface area contributed by atoms with E-state index in [1.807, 2.05) is 0 Å². The highest BCUT2D eigenvalue weighted by Gasteiger charge is 2.22. The second-order valence-electron chi connectivity index (χ2n) is 4.47. The Bertz CT molecular complexity index is 487. The molecule has 0 radical (unpaired) electrons. The highest BCUT2D eigenvalue weighted by atomic mass is 32.2. The van der Waals surface area contributed by atoms with E-state index < -0.39 is 10.0 Å². The van der Waals surface area contributed by atoms with Crippen LogP contribution in [0.1, 0.15) is 13.3 Å². The summed E-state index contributed by atoms with van der Waals surface area (Å²) in [6.07, 6.45) is 3.88. The third kappa shape index (κ3) is 4.86. The molecular weight excluding hydrogens is 280 g/mol. The molecule has 0 atom stereocenters. The standard InChI is InChI=1S/C12H24N4O3S/c1-4-13-6-5-7-16-11-12(10-14-16)20(17,18)15(2)8-9-19-3/h10-11,13H,4-9H2,1-3H3. The Labute approximate surface area is 121 Å². The van der Waals surface area contributed by atoms with Crippen LogP contribution in [0, 0.1) is 0 Å². The van der Waals surface area contributed by atoms with Crippen molar-refractivity contribution in [2.75, 3.05) is 40.4 Å². The average molecular weight is 304 g/mol. The Morgan fingerprint density at radius 1 is 1.50 bits per heavy atom. The molecule has 1 aromatic rings. The van der Waals surface area contributed by atoms with Gasteiger partial charge in [0, 0.05) is 33.4 Å². The molecule has 116 valence electrons. The fourth-order valence-electron chi connectivity index (χ4n) is 1.66. The van der Waals surface area contributed by atoms with Crippen molar-refractivity contribution in [1.29, 1.82) is 0 Å². The van der Waals surface area contributed by atoms with Gasteiger partial charge in [0.25, 0.3) is 0 Å². The number of aromatic nitrogens is 2. The first kappa shape index (κ1) is 17.1. The Hall–Kier alpha value is -0.960. The van der Waals surface area contributed by atoms with Gasteiger partial charge in [-0.25, -0.2) is 8.42 Å². The number of methoxy groups -OCH3 is 1. The largest absolute Gasteiger partial charge is 0.383 e. The normalized spacial score (nSPS) is 12.2. The number of hydrogen-bond donors (Lipinski definition) is 1. The number of sulfonamides is 1. The minimum absolute atomic E-state index is 0.222. The fourth-order valence-corrected chi connectivity index (χ4v) is 2.77. The van der Waals surface area contributed by atoms with Crippen LogP contribution in [0.2, 0.25) is 0 Å². The number of rotatable bonds is 10. The molecule has 0 unspecified atom stereocenters. The van der Waals surface area contributed by atoms with Gasteiger partial charge in [0.05, 0.1) is 12.8 Å². The monoisotopic (exact) mass is 304 g/mol. The lowest BCUT2D eigenvalue weighted by atomic mass is 10.4. The van der Waals surface area contributed by atoms with Crippen LogP contribution in [0.25, 0.3) is 0 Å². The van der Waals surface area contributed by atoms with Gasteiger partial charge in [0.15, 0.2) is 0 Å². The van der Waals surface area contributed by atoms with Gasteiger partial charge in [0.2, 0.25) is 10.0 Å². The van der Waals surface area contributed by atoms with Crippen molar-refractivity contribution in [2.24, 2.45) is 0 Å². The number of hydrogen-bond acceptors (Lipinski definition) is 5. The van der Waals surface area contributed by atoms with E-state index in [4.69, 9.17) is 4.74 Å². The van der Waals surface area contributed by atoms with E-state index in [9.17, 15) is 8.42 Å². The molecule has 20 heavy (non-hydrogen) atoms. The highest BCUT2D eigenvalue weighted by molar-refractivity contribution is 7.89. The maximum Gasteiger partial charge on any atom is 0.246 e. The van der Waals surface area contributed by atoms with Gasteiger partial charge in [0.1, 0.15) is 4.90 Å². The molecule has 1 aromatic heterocycles. The molecule has 0 fully saturated rings. The van der Waals surface area contributed by atoms with Crippen molar-refractivity contribution in [3.8, 4) is 0 Å². The smallest absolute Gasteiger partial charge is 0.246 e. The number of nitrogens with zero attached hydrogens (tertiary/aromatic N) is 3. The first-order valence-corrected chi connectivity index (χ1v) is 8.14. The van der Waals surface area contributed by atoms with Crippen LogP contribution in [-0.2, 0) is 21.3 Å². The SMILES string of the molecule is CCNCCCn1cc(S(=O)(=O)N(C)CCOC)cn1. The minimum atomic E-state index is -3.47. The summed E-state index contributed by atoms with van der Waals surface area (Å²) in [5.41, 5.74) is 0. The highest BCUT2D eigenvalue weighted by Crippen LogP contribution is 2.12. The summed E-state index contributed by atoms with van der Waals surface area (Å²) in [5, 5.41) is 7.31. The molecular formula is C12H24N4O3S. The summed E-state index contributed by atoms with van der Waals surface area (Å²) in [4.78, 5) is 0.222. The zero-order valence-corrected chi connectivity index (χ0v) is 13.2. The third-order valence-electron chi connectivity index (χ3n) is 2.92. The van der Waals surface area contributed by atoms with Crippen molar-refractivity contribution >= 4 is 10.0 Å². The Morgan fingerprint density at radius 3 is 2.90 bits per heavy atom. The Morgan fingerprint density at radius 2 is 2.25 bits per heavy atom. The Kier molecular flexibility index (Phi) is 7.14. The molecule has 0 amide bonds. The van der Waals surface area contributed by atoms with Crippen molar-refractivity contribution in [3.63, 3.8) is 0 Å². The molecule has 1 N–H and O–H groups in total. The molecule has 0 aromatic carbocycles. The lowest BCUT2D eigenvalue weighted by molar-refractivity contribution is 0.185. The van der Waals surface area contributed by atoms with E-state index in [1.165, 1.54) is 17.5 Å². The van der Waals surface area contributed by atoms with E-state index in [2.05, 4.69) is 17.3 Å². The number of likely N-dealkylation sites (N-methyl/N-ethyl adjacent to an activating group) is 1. The molecule has 1 rings (SSSR count). The zero-order chi connectivity index (χ0) is 15.0. The summed E-state index contributed by atoms with van der Waals surface area (Å²) in [6.45, 7) is 5.27. The van der Waals surface area contributed by atoms with E-state index in [-0.39, 0.29) is 4.90 Å². The number of ether oxygens (including phenoxy) is 1. The van der Waals surface area contributed by atoms with Crippen LogP contribution in [0.3, 0.4) is 0 Å². The molecule has 0 spiro atoms. The van der Waals surface area contributed by atoms with Crippen molar-refractivity contribution in [2.45, 2.75) is 24.8 Å². The quantitative estimate of drug-likeness (QED) is 0.623. The summed E-state index contributed by atoms with van der Waals surface area (Å²) in [7, 11) is -0.388. The van der Waals surface area contributed by atoms with Crippen molar-refractivity contribution in [3.05, 3.63) is 12.4 Å². The molecule has 1 heterocycles. The molecule has 0 saturated carbocycles. The number of aryl methyl sites for hydroxylation is 1. The third-order valence-corrected chi connectivity index (χ3v) is 4.73. The van der Waals surface area contributed by atoms with Crippen LogP contribution in [0.4, 0.5) is 0 Å². The molecule has 8 heteroatoms. The molecule has 0 bridgehead atoms.